The lowest BCUT2D eigenvalue weighted by Gasteiger charge is -2.18. The summed E-state index contributed by atoms with van der Waals surface area (Å²) in [7, 11) is 1.90. The molecule has 0 saturated heterocycles. The Morgan fingerprint density at radius 3 is 2.89 bits per heavy atom. The molecule has 1 atom stereocenters. The number of esters is 1. The minimum absolute atomic E-state index is 0.159. The first-order valence-electron chi connectivity index (χ1n) is 12.8. The summed E-state index contributed by atoms with van der Waals surface area (Å²) in [5.41, 5.74) is 2.55. The molecule has 2 aromatic heterocycles. The predicted molar refractivity (Wildman–Crippen MR) is 152 cm³/mol. The van der Waals surface area contributed by atoms with Crippen molar-refractivity contribution in [3.63, 3.8) is 0 Å². The Kier molecular flexibility index (Phi) is 9.73. The van der Waals surface area contributed by atoms with Crippen molar-refractivity contribution in [1.29, 1.82) is 0 Å². The normalized spacial score (nSPS) is 14.7. The molecule has 11 heteroatoms. The summed E-state index contributed by atoms with van der Waals surface area (Å²) >= 11 is 8.81. The van der Waals surface area contributed by atoms with Crippen molar-refractivity contribution in [1.82, 2.24) is 14.8 Å². The van der Waals surface area contributed by atoms with Crippen LogP contribution < -0.4 is 10.1 Å². The van der Waals surface area contributed by atoms with E-state index in [0.717, 1.165) is 48.4 Å². The van der Waals surface area contributed by atoms with E-state index >= 15 is 0 Å². The molecule has 1 N–H and O–H groups in total. The number of benzene rings is 1. The number of carbonyl (C=O) groups is 2. The van der Waals surface area contributed by atoms with Crippen LogP contribution in [0.3, 0.4) is 0 Å². The molecule has 1 unspecified atom stereocenters. The standard InChI is InChI=1S/C27H33ClN4O4S2/c1-5-35-26(34)24-19-10-8-16(2)13-21(19)38-25(24)29-23(33)15-37-27-31-30-22(32(27)4)7-6-12-36-20-11-9-18(28)14-17(20)3/h9,11,14,16H,5-8,10,12-13,15H2,1-4H3,(H,29,33). The molecule has 0 aliphatic heterocycles. The summed E-state index contributed by atoms with van der Waals surface area (Å²) in [4.78, 5) is 26.7. The van der Waals surface area contributed by atoms with Gasteiger partial charge in [-0.3, -0.25) is 4.79 Å². The number of anilines is 1. The molecular weight excluding hydrogens is 544 g/mol. The molecule has 0 saturated carbocycles. The second-order valence-electron chi connectivity index (χ2n) is 9.43. The Hall–Kier alpha value is -2.56. The zero-order valence-corrected chi connectivity index (χ0v) is 24.5. The summed E-state index contributed by atoms with van der Waals surface area (Å²) in [5, 5.41) is 13.4. The van der Waals surface area contributed by atoms with Gasteiger partial charge in [0.2, 0.25) is 5.91 Å². The van der Waals surface area contributed by atoms with Crippen LogP contribution in [-0.4, -0.2) is 45.6 Å². The molecule has 1 aliphatic carbocycles. The lowest BCUT2D eigenvalue weighted by atomic mass is 9.88. The predicted octanol–water partition coefficient (Wildman–Crippen LogP) is 5.88. The van der Waals surface area contributed by atoms with Crippen LogP contribution in [0, 0.1) is 12.8 Å². The molecule has 8 nitrogen and oxygen atoms in total. The third-order valence-corrected chi connectivity index (χ3v) is 8.87. The van der Waals surface area contributed by atoms with Gasteiger partial charge in [-0.25, -0.2) is 4.79 Å². The van der Waals surface area contributed by atoms with Crippen LogP contribution in [0.2, 0.25) is 5.02 Å². The highest BCUT2D eigenvalue weighted by Gasteiger charge is 2.29. The van der Waals surface area contributed by atoms with Crippen LogP contribution in [-0.2, 0) is 35.8 Å². The second kappa shape index (κ2) is 13.0. The number of ether oxygens (including phenoxy) is 2. The first-order valence-corrected chi connectivity index (χ1v) is 15.0. The Morgan fingerprint density at radius 2 is 2.13 bits per heavy atom. The van der Waals surface area contributed by atoms with Crippen LogP contribution in [0.25, 0.3) is 0 Å². The second-order valence-corrected chi connectivity index (χ2v) is 11.9. The van der Waals surface area contributed by atoms with Crippen molar-refractivity contribution in [3.8, 4) is 5.75 Å². The van der Waals surface area contributed by atoms with Crippen molar-refractivity contribution in [3.05, 3.63) is 50.6 Å². The largest absolute Gasteiger partial charge is 0.493 e. The van der Waals surface area contributed by atoms with Crippen LogP contribution in [0.4, 0.5) is 5.00 Å². The first-order chi connectivity index (χ1) is 18.3. The minimum atomic E-state index is -0.365. The molecule has 0 fully saturated rings. The fourth-order valence-electron chi connectivity index (χ4n) is 4.43. The summed E-state index contributed by atoms with van der Waals surface area (Å²) in [6.45, 7) is 6.81. The van der Waals surface area contributed by atoms with Crippen LogP contribution in [0.5, 0.6) is 5.75 Å². The molecule has 4 rings (SSSR count). The van der Waals surface area contributed by atoms with E-state index in [2.05, 4.69) is 22.4 Å². The van der Waals surface area contributed by atoms with Gasteiger partial charge in [0.1, 0.15) is 16.6 Å². The van der Waals surface area contributed by atoms with Crippen molar-refractivity contribution in [2.75, 3.05) is 24.3 Å². The van der Waals surface area contributed by atoms with Gasteiger partial charge >= 0.3 is 5.97 Å². The number of halogens is 1. The highest BCUT2D eigenvalue weighted by Crippen LogP contribution is 2.40. The average Bonchev–Trinajstić information content (AvgIpc) is 3.40. The van der Waals surface area contributed by atoms with Gasteiger partial charge < -0.3 is 19.4 Å². The fraction of sp³-hybridized carbons (Fsp3) is 0.481. The van der Waals surface area contributed by atoms with Crippen LogP contribution >= 0.6 is 34.7 Å². The quantitative estimate of drug-likeness (QED) is 0.173. The highest BCUT2D eigenvalue weighted by atomic mass is 35.5. The van der Waals surface area contributed by atoms with Gasteiger partial charge in [-0.15, -0.1) is 21.5 Å². The number of nitrogens with one attached hydrogen (secondary N) is 1. The van der Waals surface area contributed by atoms with E-state index in [-0.39, 0.29) is 17.6 Å². The molecule has 0 radical (unpaired) electrons. The van der Waals surface area contributed by atoms with E-state index in [4.69, 9.17) is 21.1 Å². The van der Waals surface area contributed by atoms with Crippen molar-refractivity contribution < 1.29 is 19.1 Å². The minimum Gasteiger partial charge on any atom is -0.493 e. The number of hydrogen-bond acceptors (Lipinski definition) is 8. The summed E-state index contributed by atoms with van der Waals surface area (Å²) in [6.07, 6.45) is 4.25. The van der Waals surface area contributed by atoms with Gasteiger partial charge in [0.25, 0.3) is 0 Å². The monoisotopic (exact) mass is 576 g/mol. The lowest BCUT2D eigenvalue weighted by Crippen LogP contribution is -2.18. The lowest BCUT2D eigenvalue weighted by molar-refractivity contribution is -0.113. The molecule has 1 aliphatic rings. The molecule has 38 heavy (non-hydrogen) atoms. The summed E-state index contributed by atoms with van der Waals surface area (Å²) in [5.74, 6) is 1.81. The summed E-state index contributed by atoms with van der Waals surface area (Å²) in [6, 6.07) is 5.57. The number of nitrogens with zero attached hydrogens (tertiary/aromatic N) is 3. The van der Waals surface area contributed by atoms with Gasteiger partial charge in [0, 0.05) is 23.4 Å². The zero-order valence-electron chi connectivity index (χ0n) is 22.1. The van der Waals surface area contributed by atoms with Gasteiger partial charge in [0.15, 0.2) is 5.16 Å². The molecule has 1 aromatic carbocycles. The Balaban J connectivity index is 1.31. The number of amides is 1. The fourth-order valence-corrected chi connectivity index (χ4v) is 6.80. The Labute approximate surface area is 236 Å². The zero-order chi connectivity index (χ0) is 27.2. The molecule has 3 aromatic rings. The number of hydrogen-bond donors (Lipinski definition) is 1. The molecule has 1 amide bonds. The number of rotatable bonds is 11. The summed E-state index contributed by atoms with van der Waals surface area (Å²) < 4.78 is 13.1. The van der Waals surface area contributed by atoms with E-state index < -0.39 is 0 Å². The maximum atomic E-state index is 12.8. The third-order valence-electron chi connectivity index (χ3n) is 6.44. The molecule has 204 valence electrons. The number of aryl methyl sites for hydroxylation is 2. The first kappa shape index (κ1) is 28.4. The Morgan fingerprint density at radius 1 is 1.32 bits per heavy atom. The van der Waals surface area contributed by atoms with E-state index in [0.29, 0.717) is 46.3 Å². The Bertz CT molecular complexity index is 1310. The van der Waals surface area contributed by atoms with E-state index in [1.54, 1.807) is 6.92 Å². The number of aromatic nitrogens is 3. The molecule has 0 spiro atoms. The molecular formula is C27H33ClN4O4S2. The van der Waals surface area contributed by atoms with E-state index in [1.165, 1.54) is 28.0 Å². The maximum Gasteiger partial charge on any atom is 0.341 e. The number of carbonyl (C=O) groups excluding carboxylic acids is 2. The van der Waals surface area contributed by atoms with E-state index in [9.17, 15) is 9.59 Å². The smallest absolute Gasteiger partial charge is 0.341 e. The van der Waals surface area contributed by atoms with Crippen LogP contribution in [0.1, 0.15) is 58.9 Å². The van der Waals surface area contributed by atoms with Gasteiger partial charge in [0.05, 0.1) is 24.5 Å². The van der Waals surface area contributed by atoms with Crippen molar-refractivity contribution in [2.24, 2.45) is 13.0 Å². The number of fused-ring (bicyclic) bond motifs is 1. The topological polar surface area (TPSA) is 95.3 Å². The third kappa shape index (κ3) is 6.90. The molecule has 0 bridgehead atoms. The van der Waals surface area contributed by atoms with Crippen molar-refractivity contribution in [2.45, 2.75) is 58.0 Å². The number of thioether (sulfide) groups is 1. The van der Waals surface area contributed by atoms with Gasteiger partial charge in [-0.2, -0.15) is 0 Å². The van der Waals surface area contributed by atoms with Gasteiger partial charge in [-0.05, 0) is 74.8 Å². The maximum absolute atomic E-state index is 12.8. The van der Waals surface area contributed by atoms with Crippen LogP contribution in [0.15, 0.2) is 23.4 Å². The number of thiophene rings is 1. The van der Waals surface area contributed by atoms with Gasteiger partial charge in [-0.1, -0.05) is 30.3 Å². The van der Waals surface area contributed by atoms with E-state index in [1.807, 2.05) is 36.7 Å². The highest BCUT2D eigenvalue weighted by molar-refractivity contribution is 7.99. The average molecular weight is 577 g/mol. The van der Waals surface area contributed by atoms with Crippen molar-refractivity contribution >= 4 is 51.6 Å². The molecule has 2 heterocycles. The SMILES string of the molecule is CCOC(=O)c1c(NC(=O)CSc2nnc(CCCOc3ccc(Cl)cc3C)n2C)sc2c1CCC(C)C2.